The second kappa shape index (κ2) is 5.88. The van der Waals surface area contributed by atoms with Gasteiger partial charge in [-0.15, -0.1) is 0 Å². The Kier molecular flexibility index (Phi) is 4.42. The summed E-state index contributed by atoms with van der Waals surface area (Å²) in [6, 6.07) is 6.00. The first-order valence-electron chi connectivity index (χ1n) is 5.93. The van der Waals surface area contributed by atoms with Crippen molar-refractivity contribution in [1.29, 1.82) is 5.26 Å². The molecule has 1 aliphatic rings. The fourth-order valence-corrected chi connectivity index (χ4v) is 3.38. The van der Waals surface area contributed by atoms with Gasteiger partial charge in [-0.3, -0.25) is 0 Å². The van der Waals surface area contributed by atoms with Crippen LogP contribution in [0, 0.1) is 17.2 Å². The van der Waals surface area contributed by atoms with E-state index >= 15 is 0 Å². The van der Waals surface area contributed by atoms with Crippen LogP contribution in [0.3, 0.4) is 0 Å². The second-order valence-electron chi connectivity index (χ2n) is 4.46. The van der Waals surface area contributed by atoms with Crippen LogP contribution in [0.1, 0.15) is 12.0 Å². The highest BCUT2D eigenvalue weighted by molar-refractivity contribution is 7.89. The topological polar surface area (TPSA) is 82.0 Å². The summed E-state index contributed by atoms with van der Waals surface area (Å²) in [7, 11) is -3.57. The van der Waals surface area contributed by atoms with Crippen molar-refractivity contribution in [3.8, 4) is 6.07 Å². The van der Waals surface area contributed by atoms with Crippen molar-refractivity contribution in [2.45, 2.75) is 11.3 Å². The Hall–Kier alpha value is -1.13. The molecule has 1 aliphatic heterocycles. The highest BCUT2D eigenvalue weighted by atomic mass is 35.5. The van der Waals surface area contributed by atoms with Gasteiger partial charge in [0.05, 0.1) is 15.5 Å². The standard InChI is InChI=1S/C12H14ClN3O2S/c13-12-5-11(2-1-10(12)6-14)19(17,18)16-8-9-3-4-15-7-9/h1-2,5,9,15-16H,3-4,7-8H2. The maximum Gasteiger partial charge on any atom is 0.240 e. The number of hydrogen-bond donors (Lipinski definition) is 2. The molecule has 102 valence electrons. The van der Waals surface area contributed by atoms with Gasteiger partial charge in [-0.1, -0.05) is 11.6 Å². The minimum atomic E-state index is -3.57. The zero-order valence-corrected chi connectivity index (χ0v) is 11.8. The summed E-state index contributed by atoms with van der Waals surface area (Å²) in [5.41, 5.74) is 0.264. The van der Waals surface area contributed by atoms with Crippen molar-refractivity contribution in [3.05, 3.63) is 28.8 Å². The van der Waals surface area contributed by atoms with Crippen LogP contribution in [0.15, 0.2) is 23.1 Å². The van der Waals surface area contributed by atoms with Crippen LogP contribution in [-0.4, -0.2) is 28.1 Å². The summed E-state index contributed by atoms with van der Waals surface area (Å²) in [6.07, 6.45) is 0.969. The molecule has 0 bridgehead atoms. The molecule has 2 rings (SSSR count). The van der Waals surface area contributed by atoms with Crippen LogP contribution < -0.4 is 10.0 Å². The molecule has 1 aromatic carbocycles. The average Bonchev–Trinajstić information content (AvgIpc) is 2.89. The van der Waals surface area contributed by atoms with Crippen molar-refractivity contribution in [3.63, 3.8) is 0 Å². The number of benzene rings is 1. The monoisotopic (exact) mass is 299 g/mol. The van der Waals surface area contributed by atoms with E-state index in [2.05, 4.69) is 10.0 Å². The van der Waals surface area contributed by atoms with Crippen LogP contribution in [0.2, 0.25) is 5.02 Å². The first-order valence-corrected chi connectivity index (χ1v) is 7.79. The van der Waals surface area contributed by atoms with Gasteiger partial charge in [0.2, 0.25) is 10.0 Å². The number of nitrogens with zero attached hydrogens (tertiary/aromatic N) is 1. The van der Waals surface area contributed by atoms with Crippen LogP contribution >= 0.6 is 11.6 Å². The summed E-state index contributed by atoms with van der Waals surface area (Å²) in [5, 5.41) is 12.1. The zero-order chi connectivity index (χ0) is 13.9. The SMILES string of the molecule is N#Cc1ccc(S(=O)(=O)NCC2CCNC2)cc1Cl. The van der Waals surface area contributed by atoms with Gasteiger partial charge in [0.1, 0.15) is 6.07 Å². The Labute approximate surface area is 117 Å². The molecule has 7 heteroatoms. The molecule has 1 aromatic rings. The normalized spacial score (nSPS) is 19.3. The van der Waals surface area contributed by atoms with Crippen LogP contribution in [0.25, 0.3) is 0 Å². The van der Waals surface area contributed by atoms with E-state index in [4.69, 9.17) is 16.9 Å². The Bertz CT molecular complexity index is 604. The van der Waals surface area contributed by atoms with Crippen molar-refractivity contribution in [1.82, 2.24) is 10.0 Å². The third-order valence-corrected chi connectivity index (χ3v) is 4.83. The van der Waals surface area contributed by atoms with Gasteiger partial charge in [-0.2, -0.15) is 5.26 Å². The Morgan fingerprint density at radius 2 is 2.32 bits per heavy atom. The van der Waals surface area contributed by atoms with Crippen LogP contribution in [-0.2, 0) is 10.0 Å². The maximum atomic E-state index is 12.1. The predicted octanol–water partition coefficient (Wildman–Crippen LogP) is 1.10. The van der Waals surface area contributed by atoms with Crippen molar-refractivity contribution in [2.24, 2.45) is 5.92 Å². The summed E-state index contributed by atoms with van der Waals surface area (Å²) >= 11 is 5.84. The lowest BCUT2D eigenvalue weighted by Gasteiger charge is -2.11. The minimum absolute atomic E-state index is 0.0856. The van der Waals surface area contributed by atoms with Crippen molar-refractivity contribution >= 4 is 21.6 Å². The Morgan fingerprint density at radius 3 is 2.89 bits per heavy atom. The summed E-state index contributed by atoms with van der Waals surface area (Å²) in [6.45, 7) is 2.17. The molecule has 5 nitrogen and oxygen atoms in total. The van der Waals surface area contributed by atoms with E-state index in [-0.39, 0.29) is 15.5 Å². The molecule has 1 unspecified atom stereocenters. The molecule has 1 fully saturated rings. The second-order valence-corrected chi connectivity index (χ2v) is 6.64. The lowest BCUT2D eigenvalue weighted by Crippen LogP contribution is -2.30. The molecule has 19 heavy (non-hydrogen) atoms. The highest BCUT2D eigenvalue weighted by Gasteiger charge is 2.20. The fourth-order valence-electron chi connectivity index (χ4n) is 1.95. The number of nitrogens with one attached hydrogen (secondary N) is 2. The number of nitriles is 1. The highest BCUT2D eigenvalue weighted by Crippen LogP contribution is 2.20. The van der Waals surface area contributed by atoms with E-state index in [1.54, 1.807) is 0 Å². The van der Waals surface area contributed by atoms with E-state index in [1.165, 1.54) is 18.2 Å². The molecule has 0 amide bonds. The largest absolute Gasteiger partial charge is 0.316 e. The van der Waals surface area contributed by atoms with Crippen molar-refractivity contribution < 1.29 is 8.42 Å². The van der Waals surface area contributed by atoms with E-state index < -0.39 is 10.0 Å². The van der Waals surface area contributed by atoms with Gasteiger partial charge in [-0.05, 0) is 43.6 Å². The number of rotatable bonds is 4. The Balaban J connectivity index is 2.10. The summed E-state index contributed by atoms with van der Waals surface area (Å²) in [4.78, 5) is 0.0856. The van der Waals surface area contributed by atoms with Gasteiger partial charge in [0.25, 0.3) is 0 Å². The molecule has 0 spiro atoms. The van der Waals surface area contributed by atoms with E-state index in [0.29, 0.717) is 12.5 Å². The Morgan fingerprint density at radius 1 is 1.53 bits per heavy atom. The van der Waals surface area contributed by atoms with Gasteiger partial charge in [0, 0.05) is 6.54 Å². The quantitative estimate of drug-likeness (QED) is 0.872. The van der Waals surface area contributed by atoms with Gasteiger partial charge < -0.3 is 5.32 Å². The van der Waals surface area contributed by atoms with Gasteiger partial charge in [-0.25, -0.2) is 13.1 Å². The molecule has 1 heterocycles. The van der Waals surface area contributed by atoms with E-state index in [9.17, 15) is 8.42 Å². The number of sulfonamides is 1. The molecule has 0 saturated carbocycles. The van der Waals surface area contributed by atoms with E-state index in [1.807, 2.05) is 6.07 Å². The van der Waals surface area contributed by atoms with Crippen molar-refractivity contribution in [2.75, 3.05) is 19.6 Å². The summed E-state index contributed by atoms with van der Waals surface area (Å²) in [5.74, 6) is 0.323. The molecule has 1 atom stereocenters. The van der Waals surface area contributed by atoms with E-state index in [0.717, 1.165) is 19.5 Å². The smallest absolute Gasteiger partial charge is 0.240 e. The molecule has 1 saturated heterocycles. The number of hydrogen-bond acceptors (Lipinski definition) is 4. The molecule has 0 aliphatic carbocycles. The minimum Gasteiger partial charge on any atom is -0.316 e. The fraction of sp³-hybridized carbons (Fsp3) is 0.417. The predicted molar refractivity (Wildman–Crippen MR) is 72.3 cm³/mol. The summed E-state index contributed by atoms with van der Waals surface area (Å²) < 4.78 is 26.7. The zero-order valence-electron chi connectivity index (χ0n) is 10.2. The average molecular weight is 300 g/mol. The molecule has 0 radical (unpaired) electrons. The maximum absolute atomic E-state index is 12.1. The molecular weight excluding hydrogens is 286 g/mol. The molecular formula is C12H14ClN3O2S. The number of halogens is 1. The van der Waals surface area contributed by atoms with Gasteiger partial charge in [0.15, 0.2) is 0 Å². The molecule has 0 aromatic heterocycles. The molecule has 2 N–H and O–H groups in total. The third-order valence-electron chi connectivity index (χ3n) is 3.10. The third kappa shape index (κ3) is 3.45. The lowest BCUT2D eigenvalue weighted by molar-refractivity contribution is 0.539. The van der Waals surface area contributed by atoms with Crippen LogP contribution in [0.5, 0.6) is 0 Å². The first-order chi connectivity index (χ1) is 9.03. The first kappa shape index (κ1) is 14.3. The van der Waals surface area contributed by atoms with Crippen LogP contribution in [0.4, 0.5) is 0 Å². The lowest BCUT2D eigenvalue weighted by atomic mass is 10.1. The van der Waals surface area contributed by atoms with Gasteiger partial charge >= 0.3 is 0 Å².